The third kappa shape index (κ3) is 3.82. The summed E-state index contributed by atoms with van der Waals surface area (Å²) in [5.74, 6) is -0.464. The molecule has 0 spiro atoms. The highest BCUT2D eigenvalue weighted by Crippen LogP contribution is 2.26. The average molecular weight is 354 g/mol. The van der Waals surface area contributed by atoms with Crippen LogP contribution in [-0.2, 0) is 4.79 Å². The van der Waals surface area contributed by atoms with E-state index < -0.39 is 6.04 Å². The van der Waals surface area contributed by atoms with Gasteiger partial charge < -0.3 is 5.32 Å². The van der Waals surface area contributed by atoms with Gasteiger partial charge in [0.1, 0.15) is 11.9 Å². The number of nitrogens with one attached hydrogen (secondary N) is 3. The van der Waals surface area contributed by atoms with E-state index in [-0.39, 0.29) is 17.8 Å². The van der Waals surface area contributed by atoms with Crippen LogP contribution in [0.1, 0.15) is 18.0 Å². The summed E-state index contributed by atoms with van der Waals surface area (Å²) in [7, 11) is 0. The highest BCUT2D eigenvalue weighted by molar-refractivity contribution is 6.42. The fraction of sp³-hybridized carbons (Fsp3) is 0.188. The summed E-state index contributed by atoms with van der Waals surface area (Å²) in [6.07, 6.45) is 0.554. The lowest BCUT2D eigenvalue weighted by Gasteiger charge is -2.11. The van der Waals surface area contributed by atoms with Gasteiger partial charge >= 0.3 is 0 Å². The van der Waals surface area contributed by atoms with Crippen LogP contribution >= 0.6 is 23.2 Å². The van der Waals surface area contributed by atoms with Gasteiger partial charge in [-0.3, -0.25) is 4.79 Å². The predicted molar refractivity (Wildman–Crippen MR) is 88.9 cm³/mol. The van der Waals surface area contributed by atoms with Crippen LogP contribution in [0.4, 0.5) is 10.1 Å². The van der Waals surface area contributed by atoms with Gasteiger partial charge in [0.05, 0.1) is 10.0 Å². The van der Waals surface area contributed by atoms with Crippen molar-refractivity contribution in [3.63, 3.8) is 0 Å². The molecule has 1 aliphatic heterocycles. The van der Waals surface area contributed by atoms with Crippen molar-refractivity contribution in [3.8, 4) is 0 Å². The summed E-state index contributed by atoms with van der Waals surface area (Å²) in [5, 5.41) is 3.60. The highest BCUT2D eigenvalue weighted by atomic mass is 35.5. The van der Waals surface area contributed by atoms with Crippen LogP contribution in [0.15, 0.2) is 42.5 Å². The minimum atomic E-state index is -0.403. The molecule has 0 aromatic heterocycles. The van der Waals surface area contributed by atoms with Gasteiger partial charge in [-0.2, -0.15) is 0 Å². The largest absolute Gasteiger partial charge is 0.325 e. The summed E-state index contributed by atoms with van der Waals surface area (Å²) >= 11 is 11.8. The zero-order chi connectivity index (χ0) is 16.4. The van der Waals surface area contributed by atoms with Gasteiger partial charge in [0, 0.05) is 11.7 Å². The maximum atomic E-state index is 13.0. The topological polar surface area (TPSA) is 53.2 Å². The molecule has 0 aliphatic carbocycles. The van der Waals surface area contributed by atoms with Crippen LogP contribution in [0, 0.1) is 5.82 Å². The van der Waals surface area contributed by atoms with E-state index in [1.807, 2.05) is 0 Å². The van der Waals surface area contributed by atoms with Gasteiger partial charge in [0.25, 0.3) is 0 Å². The second kappa shape index (κ2) is 6.84. The van der Waals surface area contributed by atoms with E-state index in [1.165, 1.54) is 12.1 Å². The number of hydrazine groups is 1. The van der Waals surface area contributed by atoms with Crippen molar-refractivity contribution in [2.75, 3.05) is 5.32 Å². The van der Waals surface area contributed by atoms with Crippen molar-refractivity contribution in [1.82, 2.24) is 10.9 Å². The first-order chi connectivity index (χ1) is 11.0. The lowest BCUT2D eigenvalue weighted by atomic mass is 10.0. The Hall–Kier alpha value is -1.66. The molecule has 2 atom stereocenters. The first-order valence-corrected chi connectivity index (χ1v) is 7.81. The third-order valence-corrected chi connectivity index (χ3v) is 4.42. The summed E-state index contributed by atoms with van der Waals surface area (Å²) < 4.78 is 13.0. The van der Waals surface area contributed by atoms with Crippen LogP contribution in [0.2, 0.25) is 10.0 Å². The van der Waals surface area contributed by atoms with E-state index in [2.05, 4.69) is 16.2 Å². The molecule has 1 amide bonds. The standard InChI is InChI=1S/C16H14Cl2FN3O/c17-12-6-5-11(7-13(12)18)20-16(23)15-8-14(21-22-15)9-1-3-10(19)4-2-9/h1-7,14-15,21-22H,8H2,(H,20,23). The second-order valence-corrected chi connectivity index (χ2v) is 6.11. The first-order valence-electron chi connectivity index (χ1n) is 7.05. The summed E-state index contributed by atoms with van der Waals surface area (Å²) in [6, 6.07) is 10.7. The fourth-order valence-corrected chi connectivity index (χ4v) is 2.74. The van der Waals surface area contributed by atoms with E-state index in [4.69, 9.17) is 23.2 Å². The van der Waals surface area contributed by atoms with Gasteiger partial charge in [-0.05, 0) is 42.3 Å². The zero-order valence-electron chi connectivity index (χ0n) is 11.9. The van der Waals surface area contributed by atoms with Crippen LogP contribution in [-0.4, -0.2) is 11.9 Å². The highest BCUT2D eigenvalue weighted by Gasteiger charge is 2.30. The molecule has 1 aliphatic rings. The number of hydrogen-bond donors (Lipinski definition) is 3. The third-order valence-electron chi connectivity index (χ3n) is 3.68. The summed E-state index contributed by atoms with van der Waals surface area (Å²) in [5.41, 5.74) is 7.50. The smallest absolute Gasteiger partial charge is 0.242 e. The van der Waals surface area contributed by atoms with Gasteiger partial charge in [0.2, 0.25) is 5.91 Å². The van der Waals surface area contributed by atoms with Crippen molar-refractivity contribution in [3.05, 3.63) is 63.9 Å². The second-order valence-electron chi connectivity index (χ2n) is 5.30. The molecule has 3 N–H and O–H groups in total. The summed E-state index contributed by atoms with van der Waals surface area (Å²) in [6.45, 7) is 0. The predicted octanol–water partition coefficient (Wildman–Crippen LogP) is 3.68. The quantitative estimate of drug-likeness (QED) is 0.788. The average Bonchev–Trinajstić information content (AvgIpc) is 3.02. The van der Waals surface area contributed by atoms with E-state index >= 15 is 0 Å². The SMILES string of the molecule is O=C(Nc1ccc(Cl)c(Cl)c1)C1CC(c2ccc(F)cc2)NN1. The molecule has 0 bridgehead atoms. The first kappa shape index (κ1) is 16.2. The van der Waals surface area contributed by atoms with Gasteiger partial charge in [-0.15, -0.1) is 0 Å². The molecule has 2 aromatic carbocycles. The van der Waals surface area contributed by atoms with E-state index in [0.29, 0.717) is 22.2 Å². The van der Waals surface area contributed by atoms with Crippen LogP contribution in [0.5, 0.6) is 0 Å². The Morgan fingerprint density at radius 3 is 2.52 bits per heavy atom. The van der Waals surface area contributed by atoms with Crippen molar-refractivity contribution in [2.45, 2.75) is 18.5 Å². The maximum absolute atomic E-state index is 13.0. The molecule has 3 rings (SSSR count). The fourth-order valence-electron chi connectivity index (χ4n) is 2.45. The molecule has 1 heterocycles. The Morgan fingerprint density at radius 1 is 1.09 bits per heavy atom. The number of carbonyl (C=O) groups is 1. The Labute approximate surface area is 142 Å². The Bertz CT molecular complexity index is 724. The molecule has 1 fully saturated rings. The monoisotopic (exact) mass is 353 g/mol. The number of anilines is 1. The Morgan fingerprint density at radius 2 is 1.83 bits per heavy atom. The lowest BCUT2D eigenvalue weighted by Crippen LogP contribution is -2.39. The minimum absolute atomic E-state index is 0.0554. The molecule has 0 radical (unpaired) electrons. The van der Waals surface area contributed by atoms with E-state index in [0.717, 1.165) is 5.56 Å². The molecule has 1 saturated heterocycles. The molecular formula is C16H14Cl2FN3O. The molecule has 2 aromatic rings. The van der Waals surface area contributed by atoms with Crippen molar-refractivity contribution >= 4 is 34.8 Å². The van der Waals surface area contributed by atoms with Crippen molar-refractivity contribution in [2.24, 2.45) is 0 Å². The number of halogens is 3. The Kier molecular flexibility index (Phi) is 4.82. The molecule has 7 heteroatoms. The van der Waals surface area contributed by atoms with Crippen molar-refractivity contribution in [1.29, 1.82) is 0 Å². The number of carbonyl (C=O) groups excluding carboxylic acids is 1. The maximum Gasteiger partial charge on any atom is 0.242 e. The van der Waals surface area contributed by atoms with Gasteiger partial charge in [-0.1, -0.05) is 35.3 Å². The lowest BCUT2D eigenvalue weighted by molar-refractivity contribution is -0.117. The van der Waals surface area contributed by atoms with Crippen LogP contribution in [0.3, 0.4) is 0 Å². The molecular weight excluding hydrogens is 340 g/mol. The van der Waals surface area contributed by atoms with E-state index in [9.17, 15) is 9.18 Å². The summed E-state index contributed by atoms with van der Waals surface area (Å²) in [4.78, 5) is 12.3. The van der Waals surface area contributed by atoms with Gasteiger partial charge in [0.15, 0.2) is 0 Å². The zero-order valence-corrected chi connectivity index (χ0v) is 13.5. The molecule has 120 valence electrons. The normalized spacial score (nSPS) is 20.5. The number of hydrogen-bond acceptors (Lipinski definition) is 3. The molecule has 0 saturated carbocycles. The molecule has 23 heavy (non-hydrogen) atoms. The number of benzene rings is 2. The Balaban J connectivity index is 1.63. The number of rotatable bonds is 3. The van der Waals surface area contributed by atoms with Gasteiger partial charge in [-0.25, -0.2) is 15.2 Å². The van der Waals surface area contributed by atoms with Crippen LogP contribution in [0.25, 0.3) is 0 Å². The van der Waals surface area contributed by atoms with Crippen molar-refractivity contribution < 1.29 is 9.18 Å². The molecule has 2 unspecified atom stereocenters. The minimum Gasteiger partial charge on any atom is -0.325 e. The molecule has 4 nitrogen and oxygen atoms in total. The number of amides is 1. The van der Waals surface area contributed by atoms with E-state index in [1.54, 1.807) is 30.3 Å². The van der Waals surface area contributed by atoms with Crippen LogP contribution < -0.4 is 16.2 Å².